The highest BCUT2D eigenvalue weighted by molar-refractivity contribution is 6.32. The maximum atomic E-state index is 11.7. The van der Waals surface area contributed by atoms with Crippen molar-refractivity contribution >= 4 is 29.6 Å². The van der Waals surface area contributed by atoms with Crippen molar-refractivity contribution in [1.82, 2.24) is 4.90 Å². The lowest BCUT2D eigenvalue weighted by Crippen LogP contribution is -2.29. The van der Waals surface area contributed by atoms with Crippen LogP contribution in [0.5, 0.6) is 11.5 Å². The van der Waals surface area contributed by atoms with Crippen molar-refractivity contribution < 1.29 is 23.8 Å². The normalized spacial score (nSPS) is 14.3. The van der Waals surface area contributed by atoms with Crippen LogP contribution in [-0.2, 0) is 14.3 Å². The number of amides is 1. The van der Waals surface area contributed by atoms with Crippen LogP contribution < -0.4 is 9.47 Å². The number of benzene rings is 1. The van der Waals surface area contributed by atoms with E-state index in [4.69, 9.17) is 25.8 Å². The molecule has 1 fully saturated rings. The minimum Gasteiger partial charge on any atom is -0.493 e. The Morgan fingerprint density at radius 1 is 1.33 bits per heavy atom. The van der Waals surface area contributed by atoms with E-state index in [0.29, 0.717) is 35.1 Å². The minimum absolute atomic E-state index is 0.113. The van der Waals surface area contributed by atoms with Crippen LogP contribution in [0.25, 0.3) is 6.08 Å². The van der Waals surface area contributed by atoms with E-state index in [9.17, 15) is 9.59 Å². The van der Waals surface area contributed by atoms with Gasteiger partial charge in [0.1, 0.15) is 6.61 Å². The molecule has 0 unspecified atom stereocenters. The maximum absolute atomic E-state index is 11.7. The number of esters is 1. The Labute approximate surface area is 145 Å². The third kappa shape index (κ3) is 4.64. The van der Waals surface area contributed by atoms with Gasteiger partial charge in [-0.2, -0.15) is 0 Å². The third-order valence-corrected chi connectivity index (χ3v) is 3.93. The molecular formula is C17H20ClNO5. The molecule has 130 valence electrons. The molecule has 1 aliphatic heterocycles. The lowest BCUT2D eigenvalue weighted by molar-refractivity contribution is -0.139. The molecular weight excluding hydrogens is 334 g/mol. The molecule has 0 spiro atoms. The van der Waals surface area contributed by atoms with Crippen molar-refractivity contribution in [2.24, 2.45) is 0 Å². The fourth-order valence-corrected chi connectivity index (χ4v) is 2.74. The second kappa shape index (κ2) is 8.59. The Balaban J connectivity index is 1.89. The molecule has 24 heavy (non-hydrogen) atoms. The first-order valence-corrected chi connectivity index (χ1v) is 7.97. The molecule has 1 aliphatic rings. The molecule has 0 radical (unpaired) electrons. The van der Waals surface area contributed by atoms with Crippen LogP contribution in [0.2, 0.25) is 5.02 Å². The molecule has 0 bridgehead atoms. The zero-order valence-electron chi connectivity index (χ0n) is 13.7. The van der Waals surface area contributed by atoms with Crippen LogP contribution in [0.3, 0.4) is 0 Å². The molecule has 0 aliphatic carbocycles. The van der Waals surface area contributed by atoms with Gasteiger partial charge in [0.05, 0.1) is 25.8 Å². The summed E-state index contributed by atoms with van der Waals surface area (Å²) in [7, 11) is 3.01. The van der Waals surface area contributed by atoms with E-state index in [2.05, 4.69) is 0 Å². The van der Waals surface area contributed by atoms with E-state index < -0.39 is 5.97 Å². The Bertz CT molecular complexity index is 644. The molecule has 1 amide bonds. The van der Waals surface area contributed by atoms with Gasteiger partial charge in [0.2, 0.25) is 5.91 Å². The molecule has 0 saturated carbocycles. The highest BCUT2D eigenvalue weighted by atomic mass is 35.5. The van der Waals surface area contributed by atoms with E-state index in [1.807, 2.05) is 0 Å². The lowest BCUT2D eigenvalue weighted by atomic mass is 10.2. The second-order valence-corrected chi connectivity index (χ2v) is 5.63. The Kier molecular flexibility index (Phi) is 6.49. The number of likely N-dealkylation sites (tertiary alicyclic amines) is 1. The van der Waals surface area contributed by atoms with Gasteiger partial charge in [-0.25, -0.2) is 4.79 Å². The fourth-order valence-electron chi connectivity index (χ4n) is 2.44. The number of halogens is 1. The summed E-state index contributed by atoms with van der Waals surface area (Å²) < 4.78 is 15.4. The van der Waals surface area contributed by atoms with E-state index >= 15 is 0 Å². The molecule has 1 aromatic carbocycles. The summed E-state index contributed by atoms with van der Waals surface area (Å²) in [6, 6.07) is 3.37. The fraction of sp³-hybridized carbons (Fsp3) is 0.412. The van der Waals surface area contributed by atoms with E-state index in [1.54, 1.807) is 23.1 Å². The lowest BCUT2D eigenvalue weighted by Gasteiger charge is -2.14. The van der Waals surface area contributed by atoms with Crippen LogP contribution in [0.15, 0.2) is 18.2 Å². The summed E-state index contributed by atoms with van der Waals surface area (Å²) in [4.78, 5) is 24.9. The standard InChI is InChI=1S/C17H20ClNO5/c1-22-14-11-12(10-13(18)17(14)23-2)5-6-16(21)24-9-8-19-7-3-4-15(19)20/h5-6,10-11H,3-4,7-9H2,1-2H3. The van der Waals surface area contributed by atoms with Gasteiger partial charge in [0, 0.05) is 19.0 Å². The molecule has 0 N–H and O–H groups in total. The average molecular weight is 354 g/mol. The number of hydrogen-bond donors (Lipinski definition) is 0. The average Bonchev–Trinajstić information content (AvgIpc) is 2.97. The summed E-state index contributed by atoms with van der Waals surface area (Å²) >= 11 is 6.11. The van der Waals surface area contributed by atoms with Gasteiger partial charge in [-0.1, -0.05) is 11.6 Å². The minimum atomic E-state index is -0.479. The van der Waals surface area contributed by atoms with Crippen molar-refractivity contribution in [2.75, 3.05) is 33.9 Å². The second-order valence-electron chi connectivity index (χ2n) is 5.22. The maximum Gasteiger partial charge on any atom is 0.330 e. The van der Waals surface area contributed by atoms with Gasteiger partial charge in [0.15, 0.2) is 11.5 Å². The summed E-state index contributed by atoms with van der Waals surface area (Å²) in [5, 5.41) is 0.386. The first-order valence-electron chi connectivity index (χ1n) is 7.59. The molecule has 0 atom stereocenters. The molecule has 1 aromatic rings. The predicted molar refractivity (Wildman–Crippen MR) is 90.4 cm³/mol. The van der Waals surface area contributed by atoms with Crippen LogP contribution in [0.1, 0.15) is 18.4 Å². The first-order chi connectivity index (χ1) is 11.5. The Hall–Kier alpha value is -2.21. The van der Waals surface area contributed by atoms with Gasteiger partial charge in [-0.3, -0.25) is 4.79 Å². The molecule has 7 heteroatoms. The molecule has 6 nitrogen and oxygen atoms in total. The molecule has 1 saturated heterocycles. The van der Waals surface area contributed by atoms with Crippen molar-refractivity contribution in [3.8, 4) is 11.5 Å². The van der Waals surface area contributed by atoms with Crippen molar-refractivity contribution in [2.45, 2.75) is 12.8 Å². The number of ether oxygens (including phenoxy) is 3. The number of carbonyl (C=O) groups excluding carboxylic acids is 2. The Morgan fingerprint density at radius 3 is 2.75 bits per heavy atom. The van der Waals surface area contributed by atoms with Crippen molar-refractivity contribution in [3.63, 3.8) is 0 Å². The van der Waals surface area contributed by atoms with Gasteiger partial charge >= 0.3 is 5.97 Å². The summed E-state index contributed by atoms with van der Waals surface area (Å²) in [5.74, 6) is 0.550. The zero-order valence-corrected chi connectivity index (χ0v) is 14.5. The highest BCUT2D eigenvalue weighted by Gasteiger charge is 2.19. The molecule has 0 aromatic heterocycles. The SMILES string of the molecule is COc1cc(C=CC(=O)OCCN2CCCC2=O)cc(Cl)c1OC. The smallest absolute Gasteiger partial charge is 0.330 e. The van der Waals surface area contributed by atoms with Gasteiger partial charge in [-0.05, 0) is 30.2 Å². The summed E-state index contributed by atoms with van der Waals surface area (Å²) in [5.41, 5.74) is 0.685. The molecule has 2 rings (SSSR count). The predicted octanol–water partition coefficient (Wildman–Crippen LogP) is 2.54. The van der Waals surface area contributed by atoms with E-state index in [1.165, 1.54) is 20.3 Å². The van der Waals surface area contributed by atoms with Crippen LogP contribution in [0.4, 0.5) is 0 Å². The number of hydrogen-bond acceptors (Lipinski definition) is 5. The number of methoxy groups -OCH3 is 2. The van der Waals surface area contributed by atoms with Crippen LogP contribution >= 0.6 is 11.6 Å². The van der Waals surface area contributed by atoms with Crippen LogP contribution in [-0.4, -0.2) is 50.7 Å². The topological polar surface area (TPSA) is 65.1 Å². The number of nitrogens with zero attached hydrogens (tertiary/aromatic N) is 1. The van der Waals surface area contributed by atoms with E-state index in [0.717, 1.165) is 13.0 Å². The summed E-state index contributed by atoms with van der Waals surface area (Å²) in [6.45, 7) is 1.35. The third-order valence-electron chi connectivity index (χ3n) is 3.64. The quantitative estimate of drug-likeness (QED) is 0.556. The Morgan fingerprint density at radius 2 is 2.12 bits per heavy atom. The largest absolute Gasteiger partial charge is 0.493 e. The first kappa shape index (κ1) is 18.1. The number of rotatable bonds is 7. The molecule has 1 heterocycles. The van der Waals surface area contributed by atoms with Crippen molar-refractivity contribution in [1.29, 1.82) is 0 Å². The van der Waals surface area contributed by atoms with E-state index in [-0.39, 0.29) is 12.5 Å². The van der Waals surface area contributed by atoms with Gasteiger partial charge in [-0.15, -0.1) is 0 Å². The van der Waals surface area contributed by atoms with Gasteiger partial charge in [0.25, 0.3) is 0 Å². The summed E-state index contributed by atoms with van der Waals surface area (Å²) in [6.07, 6.45) is 4.33. The monoisotopic (exact) mass is 353 g/mol. The van der Waals surface area contributed by atoms with Crippen LogP contribution in [0, 0.1) is 0 Å². The van der Waals surface area contributed by atoms with Gasteiger partial charge < -0.3 is 19.1 Å². The number of carbonyl (C=O) groups is 2. The zero-order chi connectivity index (χ0) is 17.5. The van der Waals surface area contributed by atoms with Crippen molar-refractivity contribution in [3.05, 3.63) is 28.8 Å². The highest BCUT2D eigenvalue weighted by Crippen LogP contribution is 2.36.